The molecule has 326 valence electrons. The largest absolute Gasteiger partial charge is 0.206 e. The molecule has 4 unspecified atom stereocenters. The second-order valence-electron chi connectivity index (χ2n) is 19.9. The molecule has 3 aromatic rings. The van der Waals surface area contributed by atoms with Gasteiger partial charge in [-0.15, -0.1) is 22.7 Å². The lowest BCUT2D eigenvalue weighted by Crippen LogP contribution is -2.34. The van der Waals surface area contributed by atoms with Gasteiger partial charge in [0.15, 0.2) is 0 Å². The molecule has 0 saturated heterocycles. The first-order valence-corrected chi connectivity index (χ1v) is 26.3. The van der Waals surface area contributed by atoms with Crippen LogP contribution in [0.25, 0.3) is 20.9 Å². The molecule has 0 bridgehead atoms. The van der Waals surface area contributed by atoms with Gasteiger partial charge in [0, 0.05) is 52.6 Å². The average molecular weight is 835 g/mol. The molecule has 58 heavy (non-hydrogen) atoms. The first kappa shape index (κ1) is 47.5. The van der Waals surface area contributed by atoms with Crippen molar-refractivity contribution in [2.45, 2.75) is 234 Å². The molecular weight excluding hydrogens is 751 g/mol. The Morgan fingerprint density at radius 2 is 0.741 bits per heavy atom. The standard InChI is InChI=1S/C54H84F2S2/c1-13-21-25-37(17-5)31-53(32-38(18-6)26-22-14-2)41-29-43(35(9)10)57-51(41)45-47(53)49(55)46-48(50(45)56)54(33-39(19-7)27-23-15-3,34-40(20-8)28-24-16-4)42-30-44(36(11)12)58-52(42)46/h29-30,35-40H,13-28,31-34H2,1-12H3. The van der Waals surface area contributed by atoms with Gasteiger partial charge in [-0.1, -0.05) is 186 Å². The SMILES string of the molecule is CCCCC(CC)CC1(CC(CC)CCCC)c2cc(C(C)C)sc2-c2c(F)c3c(c(F)c21)-c1sc(C(C)C)cc1C3(CC(CC)CCCC)CC(CC)CCCC. The predicted octanol–water partition coefficient (Wildman–Crippen LogP) is 19.3. The van der Waals surface area contributed by atoms with Crippen LogP contribution in [0.2, 0.25) is 0 Å². The summed E-state index contributed by atoms with van der Waals surface area (Å²) in [6, 6.07) is 4.90. The number of hydrogen-bond donors (Lipinski definition) is 0. The van der Waals surface area contributed by atoms with E-state index in [-0.39, 0.29) is 11.6 Å². The molecule has 1 aromatic carbocycles. The molecule has 0 N–H and O–H groups in total. The molecule has 0 amide bonds. The van der Waals surface area contributed by atoms with Crippen molar-refractivity contribution < 1.29 is 8.78 Å². The first-order valence-electron chi connectivity index (χ1n) is 24.7. The maximum Gasteiger partial charge on any atom is 0.137 e. The van der Waals surface area contributed by atoms with Crippen molar-refractivity contribution >= 4 is 22.7 Å². The topological polar surface area (TPSA) is 0 Å². The highest BCUT2D eigenvalue weighted by Gasteiger charge is 2.56. The molecular formula is C54H84F2S2. The molecule has 0 radical (unpaired) electrons. The highest BCUT2D eigenvalue weighted by Crippen LogP contribution is 2.67. The third-order valence-electron chi connectivity index (χ3n) is 15.2. The molecule has 2 aromatic heterocycles. The van der Waals surface area contributed by atoms with Gasteiger partial charge in [0.1, 0.15) is 11.6 Å². The Labute approximate surface area is 364 Å². The maximum absolute atomic E-state index is 19.2. The molecule has 0 saturated carbocycles. The van der Waals surface area contributed by atoms with E-state index in [1.54, 1.807) is 22.7 Å². The Bertz CT molecular complexity index is 1590. The summed E-state index contributed by atoms with van der Waals surface area (Å²) in [5.41, 5.74) is 4.33. The summed E-state index contributed by atoms with van der Waals surface area (Å²) >= 11 is 3.59. The van der Waals surface area contributed by atoms with Gasteiger partial charge in [-0.05, 0) is 84.5 Å². The molecule has 4 heteroatoms. The number of halogens is 2. The zero-order valence-electron chi connectivity index (χ0n) is 39.3. The summed E-state index contributed by atoms with van der Waals surface area (Å²) < 4.78 is 38.4. The Morgan fingerprint density at radius 1 is 0.466 bits per heavy atom. The minimum atomic E-state index is -0.527. The van der Waals surface area contributed by atoms with Crippen molar-refractivity contribution in [2.24, 2.45) is 23.7 Å². The summed E-state index contributed by atoms with van der Waals surface area (Å²) in [6.45, 7) is 27.7. The molecule has 4 atom stereocenters. The lowest BCUT2D eigenvalue weighted by Gasteiger charge is -2.40. The first-order chi connectivity index (χ1) is 27.9. The van der Waals surface area contributed by atoms with Crippen LogP contribution in [0.4, 0.5) is 8.78 Å². The minimum Gasteiger partial charge on any atom is -0.206 e. The monoisotopic (exact) mass is 835 g/mol. The van der Waals surface area contributed by atoms with Crippen LogP contribution in [0, 0.1) is 35.3 Å². The summed E-state index contributed by atoms with van der Waals surface area (Å²) in [7, 11) is 0. The Hall–Kier alpha value is -1.52. The highest BCUT2D eigenvalue weighted by atomic mass is 32.1. The second-order valence-corrected chi connectivity index (χ2v) is 22.0. The third kappa shape index (κ3) is 9.15. The van der Waals surface area contributed by atoms with E-state index in [4.69, 9.17) is 0 Å². The average Bonchev–Trinajstić information content (AvgIpc) is 3.97. The Kier molecular flexibility index (Phi) is 17.2. The van der Waals surface area contributed by atoms with E-state index in [9.17, 15) is 0 Å². The number of hydrogen-bond acceptors (Lipinski definition) is 2. The van der Waals surface area contributed by atoms with E-state index in [2.05, 4.69) is 95.2 Å². The molecule has 0 aliphatic heterocycles. The smallest absolute Gasteiger partial charge is 0.137 e. The maximum atomic E-state index is 19.2. The summed E-state index contributed by atoms with van der Waals surface area (Å²) in [4.78, 5) is 4.78. The van der Waals surface area contributed by atoms with Crippen LogP contribution in [0.1, 0.15) is 255 Å². The zero-order valence-corrected chi connectivity index (χ0v) is 41.0. The van der Waals surface area contributed by atoms with Crippen LogP contribution in [-0.4, -0.2) is 0 Å². The van der Waals surface area contributed by atoms with Crippen molar-refractivity contribution in [3.8, 4) is 20.9 Å². The Balaban J connectivity index is 1.94. The second kappa shape index (κ2) is 21.0. The fourth-order valence-corrected chi connectivity index (χ4v) is 14.1. The summed E-state index contributed by atoms with van der Waals surface area (Å²) in [5.74, 6) is 2.46. The van der Waals surface area contributed by atoms with Crippen molar-refractivity contribution in [3.63, 3.8) is 0 Å². The lowest BCUT2D eigenvalue weighted by molar-refractivity contribution is 0.257. The van der Waals surface area contributed by atoms with E-state index in [0.29, 0.717) is 46.6 Å². The summed E-state index contributed by atoms with van der Waals surface area (Å²) in [5, 5.41) is 0. The van der Waals surface area contributed by atoms with Crippen LogP contribution in [-0.2, 0) is 10.8 Å². The minimum absolute atomic E-state index is 0.0555. The Morgan fingerprint density at radius 3 is 0.966 bits per heavy atom. The van der Waals surface area contributed by atoms with Crippen molar-refractivity contribution in [3.05, 3.63) is 55.8 Å². The van der Waals surface area contributed by atoms with Crippen LogP contribution in [0.5, 0.6) is 0 Å². The molecule has 2 aliphatic carbocycles. The van der Waals surface area contributed by atoms with E-state index < -0.39 is 10.8 Å². The van der Waals surface area contributed by atoms with E-state index in [0.717, 1.165) is 97.9 Å². The molecule has 0 spiro atoms. The van der Waals surface area contributed by atoms with Gasteiger partial charge in [-0.3, -0.25) is 0 Å². The molecule has 2 heterocycles. The van der Waals surface area contributed by atoms with Crippen LogP contribution >= 0.6 is 22.7 Å². The molecule has 2 aliphatic rings. The quantitative estimate of drug-likeness (QED) is 0.0756. The fourth-order valence-electron chi connectivity index (χ4n) is 11.5. The van der Waals surface area contributed by atoms with E-state index >= 15 is 8.78 Å². The summed E-state index contributed by atoms with van der Waals surface area (Å²) in [6.07, 6.45) is 22.0. The van der Waals surface area contributed by atoms with Gasteiger partial charge in [-0.25, -0.2) is 8.78 Å². The number of benzene rings is 1. The number of unbranched alkanes of at least 4 members (excludes halogenated alkanes) is 4. The van der Waals surface area contributed by atoms with Crippen molar-refractivity contribution in [1.82, 2.24) is 0 Å². The number of thiophene rings is 2. The highest BCUT2D eigenvalue weighted by molar-refractivity contribution is 7.16. The van der Waals surface area contributed by atoms with Gasteiger partial charge >= 0.3 is 0 Å². The third-order valence-corrected chi connectivity index (χ3v) is 18.1. The van der Waals surface area contributed by atoms with Crippen LogP contribution in [0.15, 0.2) is 12.1 Å². The van der Waals surface area contributed by atoms with Gasteiger partial charge < -0.3 is 0 Å². The molecule has 0 nitrogen and oxygen atoms in total. The van der Waals surface area contributed by atoms with Crippen molar-refractivity contribution in [2.75, 3.05) is 0 Å². The number of rotatable bonds is 26. The zero-order chi connectivity index (χ0) is 42.4. The van der Waals surface area contributed by atoms with Gasteiger partial charge in [0.2, 0.25) is 0 Å². The van der Waals surface area contributed by atoms with Gasteiger partial charge in [0.05, 0.1) is 0 Å². The van der Waals surface area contributed by atoms with Gasteiger partial charge in [-0.2, -0.15) is 0 Å². The van der Waals surface area contributed by atoms with Crippen LogP contribution in [0.3, 0.4) is 0 Å². The van der Waals surface area contributed by atoms with Crippen LogP contribution < -0.4 is 0 Å². The number of fused-ring (bicyclic) bond motifs is 6. The normalized spacial score (nSPS) is 20.4. The van der Waals surface area contributed by atoms with Crippen molar-refractivity contribution in [1.29, 1.82) is 0 Å². The van der Waals surface area contributed by atoms with E-state index in [1.165, 1.54) is 72.2 Å². The predicted molar refractivity (Wildman–Crippen MR) is 254 cm³/mol. The lowest BCUT2D eigenvalue weighted by atomic mass is 9.63. The molecule has 0 fully saturated rings. The van der Waals surface area contributed by atoms with E-state index in [1.807, 2.05) is 0 Å². The molecule has 5 rings (SSSR count). The fraction of sp³-hybridized carbons (Fsp3) is 0.741. The van der Waals surface area contributed by atoms with Gasteiger partial charge in [0.25, 0.3) is 0 Å².